The molecule has 1 fully saturated rings. The Balaban J connectivity index is 2.14. The monoisotopic (exact) mass is 287 g/mol. The van der Waals surface area contributed by atoms with E-state index in [0.29, 0.717) is 18.3 Å². The van der Waals surface area contributed by atoms with E-state index in [-0.39, 0.29) is 6.04 Å². The fourth-order valence-corrected chi connectivity index (χ4v) is 2.91. The van der Waals surface area contributed by atoms with Gasteiger partial charge in [0.1, 0.15) is 5.82 Å². The minimum atomic E-state index is -4.34. The predicted octanol–water partition coefficient (Wildman–Crippen LogP) is 3.05. The molecule has 1 aromatic heterocycles. The molecule has 0 aromatic carbocycles. The highest BCUT2D eigenvalue weighted by Crippen LogP contribution is 2.32. The van der Waals surface area contributed by atoms with Gasteiger partial charge in [-0.15, -0.1) is 0 Å². The summed E-state index contributed by atoms with van der Waals surface area (Å²) in [6.45, 7) is 0.607. The summed E-state index contributed by atoms with van der Waals surface area (Å²) in [6.07, 6.45) is 0.951. The second kappa shape index (κ2) is 5.99. The first-order valence-electron chi connectivity index (χ1n) is 6.89. The van der Waals surface area contributed by atoms with E-state index in [2.05, 4.69) is 4.98 Å². The van der Waals surface area contributed by atoms with Crippen LogP contribution in [0.15, 0.2) is 18.3 Å². The molecule has 20 heavy (non-hydrogen) atoms. The summed E-state index contributed by atoms with van der Waals surface area (Å²) in [6, 6.07) is 2.78. The first kappa shape index (κ1) is 15.1. The fourth-order valence-electron chi connectivity index (χ4n) is 2.91. The Morgan fingerprint density at radius 1 is 1.30 bits per heavy atom. The summed E-state index contributed by atoms with van der Waals surface area (Å²) in [5, 5.41) is 0. The summed E-state index contributed by atoms with van der Waals surface area (Å²) < 4.78 is 37.6. The highest BCUT2D eigenvalue weighted by molar-refractivity contribution is 5.40. The van der Waals surface area contributed by atoms with Crippen molar-refractivity contribution >= 4 is 5.82 Å². The third-order valence-corrected chi connectivity index (χ3v) is 4.11. The lowest BCUT2D eigenvalue weighted by atomic mass is 9.84. The van der Waals surface area contributed by atoms with Gasteiger partial charge < -0.3 is 10.6 Å². The largest absolute Gasteiger partial charge is 0.417 e. The maximum atomic E-state index is 12.5. The van der Waals surface area contributed by atoms with Crippen LogP contribution < -0.4 is 10.6 Å². The Morgan fingerprint density at radius 2 is 2.00 bits per heavy atom. The smallest absolute Gasteiger partial charge is 0.356 e. The number of halogens is 3. The Morgan fingerprint density at radius 3 is 2.55 bits per heavy atom. The van der Waals surface area contributed by atoms with Crippen molar-refractivity contribution in [1.82, 2.24) is 4.98 Å². The van der Waals surface area contributed by atoms with Crippen LogP contribution in [0.5, 0.6) is 0 Å². The Labute approximate surface area is 117 Å². The molecular formula is C14H20F3N3. The lowest BCUT2D eigenvalue weighted by molar-refractivity contribution is -0.137. The van der Waals surface area contributed by atoms with Crippen molar-refractivity contribution in [3.05, 3.63) is 23.9 Å². The second-order valence-corrected chi connectivity index (χ2v) is 5.36. The van der Waals surface area contributed by atoms with E-state index >= 15 is 0 Å². The van der Waals surface area contributed by atoms with Crippen LogP contribution in [0.4, 0.5) is 19.0 Å². The summed E-state index contributed by atoms with van der Waals surface area (Å²) >= 11 is 0. The third-order valence-electron chi connectivity index (χ3n) is 4.11. The first-order chi connectivity index (χ1) is 9.43. The number of hydrogen-bond donors (Lipinski definition) is 1. The molecule has 6 heteroatoms. The third kappa shape index (κ3) is 3.23. The molecule has 2 rings (SSSR count). The van der Waals surface area contributed by atoms with Gasteiger partial charge in [-0.25, -0.2) is 4.98 Å². The van der Waals surface area contributed by atoms with E-state index in [1.807, 2.05) is 11.9 Å². The zero-order valence-electron chi connectivity index (χ0n) is 11.5. The topological polar surface area (TPSA) is 42.2 Å². The molecule has 1 saturated carbocycles. The molecule has 0 radical (unpaired) electrons. The van der Waals surface area contributed by atoms with Crippen LogP contribution >= 0.6 is 0 Å². The summed E-state index contributed by atoms with van der Waals surface area (Å²) in [5.74, 6) is 0.959. The molecule has 2 atom stereocenters. The summed E-state index contributed by atoms with van der Waals surface area (Å²) in [5.41, 5.74) is 5.08. The van der Waals surface area contributed by atoms with Crippen LogP contribution in [0.1, 0.15) is 31.2 Å². The second-order valence-electron chi connectivity index (χ2n) is 5.36. The van der Waals surface area contributed by atoms with Crippen LogP contribution in [0.25, 0.3) is 0 Å². The number of nitrogens with two attached hydrogens (primary N) is 1. The molecule has 1 aliphatic carbocycles. The van der Waals surface area contributed by atoms with Crippen LogP contribution in [0, 0.1) is 5.92 Å². The van der Waals surface area contributed by atoms with Gasteiger partial charge in [-0.2, -0.15) is 13.2 Å². The van der Waals surface area contributed by atoms with E-state index in [9.17, 15) is 13.2 Å². The van der Waals surface area contributed by atoms with Gasteiger partial charge in [0.25, 0.3) is 0 Å². The highest BCUT2D eigenvalue weighted by atomic mass is 19.4. The molecule has 0 amide bonds. The van der Waals surface area contributed by atoms with Gasteiger partial charge >= 0.3 is 6.18 Å². The quantitative estimate of drug-likeness (QED) is 0.929. The molecule has 0 aliphatic heterocycles. The summed E-state index contributed by atoms with van der Waals surface area (Å²) in [7, 11) is 1.88. The number of alkyl halides is 3. The standard InChI is InChI=1S/C14H20F3N3/c1-20(12-5-3-2-4-10(12)8-18)13-7-6-11(9-19-13)14(15,16)17/h6-7,9-10,12H,2-5,8,18H2,1H3. The van der Waals surface area contributed by atoms with Gasteiger partial charge in [0.05, 0.1) is 5.56 Å². The molecule has 2 N–H and O–H groups in total. The number of pyridine rings is 1. The number of rotatable bonds is 3. The first-order valence-corrected chi connectivity index (χ1v) is 6.89. The maximum Gasteiger partial charge on any atom is 0.417 e. The van der Waals surface area contributed by atoms with Gasteiger partial charge in [0.2, 0.25) is 0 Å². The van der Waals surface area contributed by atoms with E-state index in [1.165, 1.54) is 12.5 Å². The molecule has 0 bridgehead atoms. The van der Waals surface area contributed by atoms with Gasteiger partial charge in [-0.1, -0.05) is 12.8 Å². The van der Waals surface area contributed by atoms with Crippen molar-refractivity contribution < 1.29 is 13.2 Å². The maximum absolute atomic E-state index is 12.5. The van der Waals surface area contributed by atoms with Gasteiger partial charge in [-0.3, -0.25) is 0 Å². The zero-order valence-corrected chi connectivity index (χ0v) is 11.5. The number of hydrogen-bond acceptors (Lipinski definition) is 3. The van der Waals surface area contributed by atoms with Crippen molar-refractivity contribution in [2.24, 2.45) is 11.7 Å². The SMILES string of the molecule is CN(c1ccc(C(F)(F)F)cn1)C1CCCCC1CN. The van der Waals surface area contributed by atoms with Crippen LogP contribution in [0.3, 0.4) is 0 Å². The van der Waals surface area contributed by atoms with E-state index in [4.69, 9.17) is 5.73 Å². The minimum Gasteiger partial charge on any atom is -0.356 e. The molecular weight excluding hydrogens is 267 g/mol. The average Bonchev–Trinajstić information content (AvgIpc) is 2.45. The molecule has 2 unspecified atom stereocenters. The molecule has 3 nitrogen and oxygen atoms in total. The molecule has 1 heterocycles. The van der Waals surface area contributed by atoms with Gasteiger partial charge in [0.15, 0.2) is 0 Å². The fraction of sp³-hybridized carbons (Fsp3) is 0.643. The Bertz CT molecular complexity index is 430. The van der Waals surface area contributed by atoms with Crippen LogP contribution in [-0.4, -0.2) is 24.6 Å². The van der Waals surface area contributed by atoms with Crippen molar-refractivity contribution in [3.8, 4) is 0 Å². The Hall–Kier alpha value is -1.30. The summed E-state index contributed by atoms with van der Waals surface area (Å²) in [4.78, 5) is 5.92. The van der Waals surface area contributed by atoms with Gasteiger partial charge in [-0.05, 0) is 37.4 Å². The normalized spacial score (nSPS) is 23.6. The molecule has 1 aliphatic rings. The van der Waals surface area contributed by atoms with E-state index < -0.39 is 11.7 Å². The Kier molecular flexibility index (Phi) is 4.52. The molecule has 112 valence electrons. The van der Waals surface area contributed by atoms with Crippen molar-refractivity contribution in [3.63, 3.8) is 0 Å². The zero-order chi connectivity index (χ0) is 14.8. The number of aromatic nitrogens is 1. The van der Waals surface area contributed by atoms with Crippen molar-refractivity contribution in [2.75, 3.05) is 18.5 Å². The van der Waals surface area contributed by atoms with E-state index in [0.717, 1.165) is 31.5 Å². The van der Waals surface area contributed by atoms with Crippen molar-refractivity contribution in [1.29, 1.82) is 0 Å². The number of nitrogens with zero attached hydrogens (tertiary/aromatic N) is 2. The van der Waals surface area contributed by atoms with Gasteiger partial charge in [0, 0.05) is 19.3 Å². The molecule has 1 aromatic rings. The molecule has 0 spiro atoms. The van der Waals surface area contributed by atoms with Crippen LogP contribution in [0.2, 0.25) is 0 Å². The van der Waals surface area contributed by atoms with E-state index in [1.54, 1.807) is 0 Å². The number of anilines is 1. The predicted molar refractivity (Wildman–Crippen MR) is 72.4 cm³/mol. The van der Waals surface area contributed by atoms with Crippen molar-refractivity contribution in [2.45, 2.75) is 37.9 Å². The highest BCUT2D eigenvalue weighted by Gasteiger charge is 2.32. The average molecular weight is 287 g/mol. The lowest BCUT2D eigenvalue weighted by Crippen LogP contribution is -2.43. The molecule has 0 saturated heterocycles. The van der Waals surface area contributed by atoms with Crippen LogP contribution in [-0.2, 0) is 6.18 Å². The lowest BCUT2D eigenvalue weighted by Gasteiger charge is -2.38. The minimum absolute atomic E-state index is 0.262.